The van der Waals surface area contributed by atoms with Crippen LogP contribution in [0, 0.1) is 0 Å². The minimum absolute atomic E-state index is 0.247. The molecule has 2 heterocycles. The minimum atomic E-state index is 0.247. The van der Waals surface area contributed by atoms with Crippen LogP contribution in [0.3, 0.4) is 0 Å². The largest absolute Gasteiger partial charge is 0.340 e. The molecule has 1 aliphatic rings. The van der Waals surface area contributed by atoms with Crippen LogP contribution in [-0.2, 0) is 11.3 Å². The summed E-state index contributed by atoms with van der Waals surface area (Å²) in [4.78, 5) is 16.2. The van der Waals surface area contributed by atoms with Gasteiger partial charge < -0.3 is 10.2 Å². The summed E-state index contributed by atoms with van der Waals surface area (Å²) in [6.07, 6.45) is 1.06. The van der Waals surface area contributed by atoms with Gasteiger partial charge in [-0.15, -0.1) is 0 Å². The molecule has 0 aromatic carbocycles. The lowest BCUT2D eigenvalue weighted by Crippen LogP contribution is -2.40. The van der Waals surface area contributed by atoms with Crippen molar-refractivity contribution in [3.8, 4) is 0 Å². The number of rotatable bonds is 4. The number of carbonyl (C=O) groups excluding carboxylic acids is 1. The zero-order valence-corrected chi connectivity index (χ0v) is 11.7. The van der Waals surface area contributed by atoms with Crippen molar-refractivity contribution in [2.24, 2.45) is 0 Å². The molecule has 1 saturated heterocycles. The Morgan fingerprint density at radius 1 is 1.50 bits per heavy atom. The van der Waals surface area contributed by atoms with E-state index < -0.39 is 0 Å². The quantitative estimate of drug-likeness (QED) is 0.884. The van der Waals surface area contributed by atoms with Gasteiger partial charge in [0, 0.05) is 26.2 Å². The fourth-order valence-corrected chi connectivity index (χ4v) is 2.84. The number of amides is 1. The summed E-state index contributed by atoms with van der Waals surface area (Å²) in [5, 5.41) is 7.53. The maximum Gasteiger partial charge on any atom is 0.236 e. The molecular formula is C13H21N3OS. The molecule has 0 spiro atoms. The molecule has 1 fully saturated rings. The smallest absolute Gasteiger partial charge is 0.236 e. The Kier molecular flexibility index (Phi) is 5.16. The Morgan fingerprint density at radius 2 is 2.39 bits per heavy atom. The molecule has 0 aliphatic carbocycles. The first-order valence-corrected chi connectivity index (χ1v) is 7.38. The van der Waals surface area contributed by atoms with Crippen molar-refractivity contribution in [1.29, 1.82) is 0 Å². The Bertz CT molecular complexity index is 358. The normalized spacial score (nSPS) is 16.9. The summed E-state index contributed by atoms with van der Waals surface area (Å²) in [5.74, 6) is 0.247. The second-order valence-corrected chi connectivity index (χ2v) is 5.57. The minimum Gasteiger partial charge on any atom is -0.340 e. The summed E-state index contributed by atoms with van der Waals surface area (Å²) in [6, 6.07) is 2.11. The molecule has 2 rings (SSSR count). The lowest BCUT2D eigenvalue weighted by Gasteiger charge is -2.23. The Hall–Kier alpha value is -0.910. The zero-order valence-electron chi connectivity index (χ0n) is 10.9. The predicted octanol–water partition coefficient (Wildman–Crippen LogP) is 1.00. The van der Waals surface area contributed by atoms with E-state index in [4.69, 9.17) is 0 Å². The molecule has 1 amide bonds. The van der Waals surface area contributed by atoms with E-state index >= 15 is 0 Å². The van der Waals surface area contributed by atoms with Gasteiger partial charge in [0.2, 0.25) is 5.91 Å². The predicted molar refractivity (Wildman–Crippen MR) is 74.7 cm³/mol. The van der Waals surface area contributed by atoms with Gasteiger partial charge in [0.1, 0.15) is 0 Å². The van der Waals surface area contributed by atoms with Crippen LogP contribution in [0.4, 0.5) is 0 Å². The number of nitrogens with zero attached hydrogens (tertiary/aromatic N) is 2. The summed E-state index contributed by atoms with van der Waals surface area (Å²) in [6.45, 7) is 5.02. The van der Waals surface area contributed by atoms with Crippen molar-refractivity contribution >= 4 is 17.2 Å². The van der Waals surface area contributed by atoms with E-state index in [0.29, 0.717) is 6.54 Å². The second kappa shape index (κ2) is 6.87. The third-order valence-corrected chi connectivity index (χ3v) is 3.86. The van der Waals surface area contributed by atoms with Crippen molar-refractivity contribution in [1.82, 2.24) is 15.1 Å². The molecule has 18 heavy (non-hydrogen) atoms. The molecule has 0 saturated carbocycles. The van der Waals surface area contributed by atoms with Crippen molar-refractivity contribution in [3.63, 3.8) is 0 Å². The van der Waals surface area contributed by atoms with Crippen LogP contribution in [0.25, 0.3) is 0 Å². The average molecular weight is 267 g/mol. The van der Waals surface area contributed by atoms with Crippen LogP contribution < -0.4 is 5.32 Å². The second-order valence-electron chi connectivity index (χ2n) is 4.79. The average Bonchev–Trinajstić information content (AvgIpc) is 2.68. The van der Waals surface area contributed by atoms with Crippen LogP contribution in [0.2, 0.25) is 0 Å². The highest BCUT2D eigenvalue weighted by Gasteiger charge is 2.16. The van der Waals surface area contributed by atoms with E-state index in [1.807, 2.05) is 11.9 Å². The molecule has 1 aromatic rings. The highest BCUT2D eigenvalue weighted by molar-refractivity contribution is 7.07. The van der Waals surface area contributed by atoms with E-state index in [-0.39, 0.29) is 5.91 Å². The highest BCUT2D eigenvalue weighted by atomic mass is 32.1. The summed E-state index contributed by atoms with van der Waals surface area (Å²) in [5.41, 5.74) is 1.29. The molecule has 1 N–H and O–H groups in total. The van der Waals surface area contributed by atoms with Gasteiger partial charge in [-0.1, -0.05) is 0 Å². The summed E-state index contributed by atoms with van der Waals surface area (Å²) >= 11 is 1.70. The molecule has 4 nitrogen and oxygen atoms in total. The van der Waals surface area contributed by atoms with Gasteiger partial charge in [0.15, 0.2) is 0 Å². The van der Waals surface area contributed by atoms with Crippen molar-refractivity contribution in [3.05, 3.63) is 22.4 Å². The van der Waals surface area contributed by atoms with Crippen LogP contribution in [0.1, 0.15) is 12.0 Å². The van der Waals surface area contributed by atoms with Crippen LogP contribution in [0.15, 0.2) is 16.8 Å². The molecule has 5 heteroatoms. The van der Waals surface area contributed by atoms with Gasteiger partial charge in [-0.05, 0) is 42.4 Å². The maximum absolute atomic E-state index is 12.1. The number of thiophene rings is 1. The van der Waals surface area contributed by atoms with E-state index in [2.05, 4.69) is 27.0 Å². The Labute approximate surface area is 113 Å². The van der Waals surface area contributed by atoms with Crippen LogP contribution >= 0.6 is 11.3 Å². The SMILES string of the molecule is CN(CC(=O)N1CCCNCC1)Cc1ccsc1. The topological polar surface area (TPSA) is 35.6 Å². The highest BCUT2D eigenvalue weighted by Crippen LogP contribution is 2.08. The molecule has 1 aromatic heterocycles. The summed E-state index contributed by atoms with van der Waals surface area (Å²) in [7, 11) is 2.01. The maximum atomic E-state index is 12.1. The monoisotopic (exact) mass is 267 g/mol. The zero-order chi connectivity index (χ0) is 12.8. The first-order chi connectivity index (χ1) is 8.75. The summed E-state index contributed by atoms with van der Waals surface area (Å²) < 4.78 is 0. The number of likely N-dealkylation sites (N-methyl/N-ethyl adjacent to an activating group) is 1. The molecule has 0 radical (unpaired) electrons. The number of hydrogen-bond acceptors (Lipinski definition) is 4. The van der Waals surface area contributed by atoms with Crippen molar-refractivity contribution in [2.45, 2.75) is 13.0 Å². The molecular weight excluding hydrogens is 246 g/mol. The number of nitrogens with one attached hydrogen (secondary N) is 1. The third-order valence-electron chi connectivity index (χ3n) is 3.13. The number of carbonyl (C=O) groups is 1. The van der Waals surface area contributed by atoms with Crippen LogP contribution in [0.5, 0.6) is 0 Å². The van der Waals surface area contributed by atoms with Gasteiger partial charge in [0.25, 0.3) is 0 Å². The van der Waals surface area contributed by atoms with Crippen molar-refractivity contribution in [2.75, 3.05) is 39.8 Å². The Balaban J connectivity index is 1.78. The third kappa shape index (κ3) is 4.08. The van der Waals surface area contributed by atoms with Gasteiger partial charge in [-0.2, -0.15) is 11.3 Å². The fourth-order valence-electron chi connectivity index (χ4n) is 2.18. The lowest BCUT2D eigenvalue weighted by molar-refractivity contribution is -0.132. The Morgan fingerprint density at radius 3 is 3.17 bits per heavy atom. The molecule has 0 unspecified atom stereocenters. The van der Waals surface area contributed by atoms with Gasteiger partial charge in [0.05, 0.1) is 6.54 Å². The molecule has 100 valence electrons. The van der Waals surface area contributed by atoms with E-state index in [1.54, 1.807) is 11.3 Å². The molecule has 0 atom stereocenters. The van der Waals surface area contributed by atoms with E-state index in [1.165, 1.54) is 5.56 Å². The standard InChI is InChI=1S/C13H21N3OS/c1-15(9-12-3-8-18-11-12)10-13(17)16-6-2-4-14-5-7-16/h3,8,11,14H,2,4-7,9-10H2,1H3. The first-order valence-electron chi connectivity index (χ1n) is 6.44. The fraction of sp³-hybridized carbons (Fsp3) is 0.615. The lowest BCUT2D eigenvalue weighted by atomic mass is 10.3. The first kappa shape index (κ1) is 13.5. The van der Waals surface area contributed by atoms with Gasteiger partial charge >= 0.3 is 0 Å². The van der Waals surface area contributed by atoms with Crippen molar-refractivity contribution < 1.29 is 4.79 Å². The van der Waals surface area contributed by atoms with Gasteiger partial charge in [-0.3, -0.25) is 9.69 Å². The van der Waals surface area contributed by atoms with E-state index in [9.17, 15) is 4.79 Å². The van der Waals surface area contributed by atoms with Crippen LogP contribution in [-0.4, -0.2) is 55.5 Å². The molecule has 0 bridgehead atoms. The number of hydrogen-bond donors (Lipinski definition) is 1. The molecule has 1 aliphatic heterocycles. The van der Waals surface area contributed by atoms with Gasteiger partial charge in [-0.25, -0.2) is 0 Å². The van der Waals surface area contributed by atoms with E-state index in [0.717, 1.165) is 39.1 Å².